The molecule has 0 spiro atoms. The fourth-order valence-corrected chi connectivity index (χ4v) is 2.80. The summed E-state index contributed by atoms with van der Waals surface area (Å²) >= 11 is 3.62. The van der Waals surface area contributed by atoms with Crippen LogP contribution in [0.4, 0.5) is 0 Å². The molecule has 0 bridgehead atoms. The lowest BCUT2D eigenvalue weighted by Gasteiger charge is -2.30. The van der Waals surface area contributed by atoms with Gasteiger partial charge in [0.25, 0.3) is 0 Å². The van der Waals surface area contributed by atoms with E-state index >= 15 is 0 Å². The highest BCUT2D eigenvalue weighted by molar-refractivity contribution is 9.10. The lowest BCUT2D eigenvalue weighted by Crippen LogP contribution is -2.32. The Morgan fingerprint density at radius 2 is 2.06 bits per heavy atom. The highest BCUT2D eigenvalue weighted by Crippen LogP contribution is 2.29. The molecule has 3 heteroatoms. The molecule has 1 saturated heterocycles. The van der Waals surface area contributed by atoms with Crippen LogP contribution in [0.2, 0.25) is 0 Å². The van der Waals surface area contributed by atoms with Crippen LogP contribution in [0.1, 0.15) is 25.3 Å². The standard InChI is InChI=1S/C14H20BrNO/c1-11-6-8-16(9-7-11)10-12-13(15)4-3-5-14(12)17-2/h3-5,11H,6-10H2,1-2H3. The van der Waals surface area contributed by atoms with Gasteiger partial charge in [-0.3, -0.25) is 4.90 Å². The van der Waals surface area contributed by atoms with Crippen molar-refractivity contribution >= 4 is 15.9 Å². The van der Waals surface area contributed by atoms with E-state index in [9.17, 15) is 0 Å². The second-order valence-electron chi connectivity index (χ2n) is 4.88. The number of rotatable bonds is 3. The minimum Gasteiger partial charge on any atom is -0.496 e. The number of ether oxygens (including phenoxy) is 1. The van der Waals surface area contributed by atoms with Gasteiger partial charge in [0, 0.05) is 16.6 Å². The van der Waals surface area contributed by atoms with Gasteiger partial charge >= 0.3 is 0 Å². The van der Waals surface area contributed by atoms with Gasteiger partial charge < -0.3 is 4.74 Å². The molecule has 1 heterocycles. The predicted molar refractivity (Wildman–Crippen MR) is 74.4 cm³/mol. The number of hydrogen-bond donors (Lipinski definition) is 0. The zero-order valence-electron chi connectivity index (χ0n) is 10.6. The Balaban J connectivity index is 2.07. The molecule has 17 heavy (non-hydrogen) atoms. The number of nitrogens with zero attached hydrogens (tertiary/aromatic N) is 1. The van der Waals surface area contributed by atoms with E-state index in [1.807, 2.05) is 12.1 Å². The van der Waals surface area contributed by atoms with Gasteiger partial charge in [0.15, 0.2) is 0 Å². The van der Waals surface area contributed by atoms with Gasteiger partial charge in [0.1, 0.15) is 5.75 Å². The van der Waals surface area contributed by atoms with Crippen LogP contribution in [-0.4, -0.2) is 25.1 Å². The maximum atomic E-state index is 5.43. The zero-order valence-corrected chi connectivity index (χ0v) is 12.2. The lowest BCUT2D eigenvalue weighted by atomic mass is 9.99. The van der Waals surface area contributed by atoms with Crippen molar-refractivity contribution in [1.82, 2.24) is 4.90 Å². The molecule has 94 valence electrons. The fraction of sp³-hybridized carbons (Fsp3) is 0.571. The van der Waals surface area contributed by atoms with Crippen molar-refractivity contribution in [2.24, 2.45) is 5.92 Å². The average Bonchev–Trinajstić information content (AvgIpc) is 2.34. The highest BCUT2D eigenvalue weighted by atomic mass is 79.9. The Bertz CT molecular complexity index is 372. The molecule has 1 fully saturated rings. The van der Waals surface area contributed by atoms with Crippen molar-refractivity contribution in [3.63, 3.8) is 0 Å². The Labute approximate surface area is 112 Å². The van der Waals surface area contributed by atoms with E-state index in [0.717, 1.165) is 22.7 Å². The summed E-state index contributed by atoms with van der Waals surface area (Å²) in [6, 6.07) is 6.14. The van der Waals surface area contributed by atoms with Gasteiger partial charge in [-0.15, -0.1) is 0 Å². The van der Waals surface area contributed by atoms with Crippen LogP contribution in [0.5, 0.6) is 5.75 Å². The number of piperidine rings is 1. The highest BCUT2D eigenvalue weighted by Gasteiger charge is 2.18. The average molecular weight is 298 g/mol. The number of methoxy groups -OCH3 is 1. The van der Waals surface area contributed by atoms with Crippen LogP contribution >= 0.6 is 15.9 Å². The molecule has 0 unspecified atom stereocenters. The van der Waals surface area contributed by atoms with Crippen LogP contribution < -0.4 is 4.74 Å². The van der Waals surface area contributed by atoms with Crippen LogP contribution in [0, 0.1) is 5.92 Å². The number of likely N-dealkylation sites (tertiary alicyclic amines) is 1. The summed E-state index contributed by atoms with van der Waals surface area (Å²) in [5.41, 5.74) is 1.27. The first-order chi connectivity index (χ1) is 8.20. The normalized spacial score (nSPS) is 18.3. The van der Waals surface area contributed by atoms with E-state index in [4.69, 9.17) is 4.74 Å². The summed E-state index contributed by atoms with van der Waals surface area (Å²) in [4.78, 5) is 2.52. The molecule has 0 aliphatic carbocycles. The maximum Gasteiger partial charge on any atom is 0.124 e. The number of benzene rings is 1. The smallest absolute Gasteiger partial charge is 0.124 e. The third-order valence-electron chi connectivity index (χ3n) is 3.55. The number of hydrogen-bond acceptors (Lipinski definition) is 2. The van der Waals surface area contributed by atoms with Crippen LogP contribution in [0.25, 0.3) is 0 Å². The quantitative estimate of drug-likeness (QED) is 0.844. The van der Waals surface area contributed by atoms with E-state index in [-0.39, 0.29) is 0 Å². The van der Waals surface area contributed by atoms with Gasteiger partial charge in [0.2, 0.25) is 0 Å². The van der Waals surface area contributed by atoms with Gasteiger partial charge in [0.05, 0.1) is 7.11 Å². The molecule has 1 aliphatic heterocycles. The molecule has 2 nitrogen and oxygen atoms in total. The second kappa shape index (κ2) is 5.87. The molecule has 0 amide bonds. The van der Waals surface area contributed by atoms with Crippen molar-refractivity contribution < 1.29 is 4.74 Å². The van der Waals surface area contributed by atoms with Crippen molar-refractivity contribution in [2.45, 2.75) is 26.3 Å². The molecule has 0 aromatic heterocycles. The SMILES string of the molecule is COc1cccc(Br)c1CN1CCC(C)CC1. The van der Waals surface area contributed by atoms with E-state index in [2.05, 4.69) is 33.8 Å². The van der Waals surface area contributed by atoms with Crippen molar-refractivity contribution in [3.05, 3.63) is 28.2 Å². The van der Waals surface area contributed by atoms with Gasteiger partial charge in [-0.25, -0.2) is 0 Å². The molecule has 0 saturated carbocycles. The third-order valence-corrected chi connectivity index (χ3v) is 4.30. The summed E-state index contributed by atoms with van der Waals surface area (Å²) in [5.74, 6) is 1.87. The second-order valence-corrected chi connectivity index (χ2v) is 5.73. The van der Waals surface area contributed by atoms with Gasteiger partial charge in [-0.05, 0) is 44.0 Å². The fourth-order valence-electron chi connectivity index (χ4n) is 2.33. The molecule has 0 N–H and O–H groups in total. The van der Waals surface area contributed by atoms with Crippen molar-refractivity contribution in [2.75, 3.05) is 20.2 Å². The monoisotopic (exact) mass is 297 g/mol. The maximum absolute atomic E-state index is 5.43. The number of halogens is 1. The molecule has 1 aromatic rings. The first-order valence-corrected chi connectivity index (χ1v) is 7.03. The van der Waals surface area contributed by atoms with E-state index in [0.29, 0.717) is 0 Å². The minimum absolute atomic E-state index is 0.882. The first kappa shape index (κ1) is 12.9. The van der Waals surface area contributed by atoms with Crippen LogP contribution in [0.15, 0.2) is 22.7 Å². The van der Waals surface area contributed by atoms with E-state index in [1.54, 1.807) is 7.11 Å². The summed E-state index contributed by atoms with van der Waals surface area (Å²) in [7, 11) is 1.74. The van der Waals surface area contributed by atoms with Crippen molar-refractivity contribution in [3.8, 4) is 5.75 Å². The van der Waals surface area contributed by atoms with Crippen LogP contribution in [-0.2, 0) is 6.54 Å². The molecule has 1 aliphatic rings. The Hall–Kier alpha value is -0.540. The first-order valence-electron chi connectivity index (χ1n) is 6.24. The van der Waals surface area contributed by atoms with E-state index < -0.39 is 0 Å². The van der Waals surface area contributed by atoms with Gasteiger partial charge in [-0.1, -0.05) is 28.9 Å². The summed E-state index contributed by atoms with van der Waals surface area (Å²) in [6.45, 7) is 5.73. The molecular weight excluding hydrogens is 278 g/mol. The summed E-state index contributed by atoms with van der Waals surface area (Å²) < 4.78 is 6.58. The Morgan fingerprint density at radius 3 is 2.71 bits per heavy atom. The van der Waals surface area contributed by atoms with Crippen LogP contribution in [0.3, 0.4) is 0 Å². The largest absolute Gasteiger partial charge is 0.496 e. The summed E-state index contributed by atoms with van der Waals surface area (Å²) in [6.07, 6.45) is 2.62. The van der Waals surface area contributed by atoms with Crippen molar-refractivity contribution in [1.29, 1.82) is 0 Å². The molecule has 0 atom stereocenters. The van der Waals surface area contributed by atoms with Gasteiger partial charge in [-0.2, -0.15) is 0 Å². The molecule has 1 aromatic carbocycles. The lowest BCUT2D eigenvalue weighted by molar-refractivity contribution is 0.183. The minimum atomic E-state index is 0.882. The third kappa shape index (κ3) is 3.23. The summed E-state index contributed by atoms with van der Waals surface area (Å²) in [5, 5.41) is 0. The molecule has 2 rings (SSSR count). The molecular formula is C14H20BrNO. The van der Waals surface area contributed by atoms with E-state index in [1.165, 1.54) is 31.5 Å². The molecule has 0 radical (unpaired) electrons. The predicted octanol–water partition coefficient (Wildman–Crippen LogP) is 3.69. The Kier molecular flexibility index (Phi) is 4.46. The zero-order chi connectivity index (χ0) is 12.3. The Morgan fingerprint density at radius 1 is 1.35 bits per heavy atom. The topological polar surface area (TPSA) is 12.5 Å².